The zero-order valence-electron chi connectivity index (χ0n) is 28.5. The maximum Gasteiger partial charge on any atom is 0.146 e. The van der Waals surface area contributed by atoms with Gasteiger partial charge in [-0.05, 0) is 64.7 Å². The fourth-order valence-electron chi connectivity index (χ4n) is 9.58. The lowest BCUT2D eigenvalue weighted by atomic mass is 9.97. The van der Waals surface area contributed by atoms with Crippen LogP contribution in [0.3, 0.4) is 0 Å². The molecule has 244 valence electrons. The smallest absolute Gasteiger partial charge is 0.146 e. The van der Waals surface area contributed by atoms with E-state index in [1.54, 1.807) is 0 Å². The molecule has 0 N–H and O–H groups in total. The Morgan fingerprint density at radius 1 is 0.377 bits per heavy atom. The third kappa shape index (κ3) is 3.39. The Kier molecular flexibility index (Phi) is 5.08. The highest BCUT2D eigenvalue weighted by Crippen LogP contribution is 2.51. The molecule has 0 bridgehead atoms. The van der Waals surface area contributed by atoms with E-state index in [0.717, 1.165) is 39.3 Å². The van der Waals surface area contributed by atoms with E-state index in [0.29, 0.717) is 0 Å². The second kappa shape index (κ2) is 9.78. The molecule has 0 spiro atoms. The number of para-hydroxylation sites is 4. The first-order valence-electron chi connectivity index (χ1n) is 18.2. The van der Waals surface area contributed by atoms with Crippen LogP contribution >= 0.6 is 0 Å². The summed E-state index contributed by atoms with van der Waals surface area (Å²) in [5.74, 6) is 0. The van der Waals surface area contributed by atoms with Crippen LogP contribution in [0.4, 0.5) is 17.1 Å². The van der Waals surface area contributed by atoms with Crippen LogP contribution in [0.15, 0.2) is 170 Å². The molecule has 0 aliphatic heterocycles. The summed E-state index contributed by atoms with van der Waals surface area (Å²) in [6.45, 7) is 0. The number of anilines is 3. The summed E-state index contributed by atoms with van der Waals surface area (Å²) in [6.07, 6.45) is 0. The average Bonchev–Trinajstić information content (AvgIpc) is 3.94. The summed E-state index contributed by atoms with van der Waals surface area (Å²) >= 11 is 0. The van der Waals surface area contributed by atoms with E-state index in [-0.39, 0.29) is 0 Å². The molecule has 4 heteroatoms. The second-order valence-electron chi connectivity index (χ2n) is 14.3. The minimum atomic E-state index is 0.985. The summed E-state index contributed by atoms with van der Waals surface area (Å²) in [5, 5.41) is 13.5. The van der Waals surface area contributed by atoms with E-state index in [4.69, 9.17) is 4.98 Å². The predicted octanol–water partition coefficient (Wildman–Crippen LogP) is 13.2. The molecule has 13 aromatic rings. The molecular weight excluding hydrogens is 645 g/mol. The molecule has 5 aromatic heterocycles. The lowest BCUT2D eigenvalue weighted by molar-refractivity contribution is 1.26. The first-order chi connectivity index (χ1) is 26.3. The summed E-state index contributed by atoms with van der Waals surface area (Å²) in [5.41, 5.74) is 11.4. The molecule has 0 radical (unpaired) electrons. The van der Waals surface area contributed by atoms with Crippen LogP contribution in [0, 0.1) is 0 Å². The summed E-state index contributed by atoms with van der Waals surface area (Å²) in [6, 6.07) is 62.0. The van der Waals surface area contributed by atoms with Crippen molar-refractivity contribution >= 4 is 115 Å². The standard InChI is InChI=1S/C49H28N4/c1-3-16-31(17-4-1)51(32-18-5-2-6-19-32)47-34-21-10-8-15-30(34)27-40-43-33-20-9-7-14-29(33)26-38-39-28-42-44(50-49(39)53(46(38)43)48(40)47)37-24-13-23-36-35-22-11-12-25-41(35)52(42)45(36)37/h1-28H. The minimum absolute atomic E-state index is 0.985. The molecule has 0 unspecified atom stereocenters. The normalized spacial score (nSPS) is 12.5. The van der Waals surface area contributed by atoms with Crippen molar-refractivity contribution in [1.29, 1.82) is 0 Å². The van der Waals surface area contributed by atoms with Gasteiger partial charge in [-0.3, -0.25) is 4.40 Å². The summed E-state index contributed by atoms with van der Waals surface area (Å²) in [4.78, 5) is 8.20. The van der Waals surface area contributed by atoms with Gasteiger partial charge >= 0.3 is 0 Å². The van der Waals surface area contributed by atoms with Gasteiger partial charge < -0.3 is 9.30 Å². The largest absolute Gasteiger partial charge is 0.308 e. The van der Waals surface area contributed by atoms with Gasteiger partial charge in [-0.2, -0.15) is 0 Å². The molecule has 0 amide bonds. The lowest BCUT2D eigenvalue weighted by Crippen LogP contribution is -2.11. The van der Waals surface area contributed by atoms with E-state index in [1.807, 2.05) is 0 Å². The van der Waals surface area contributed by atoms with Crippen LogP contribution in [0.1, 0.15) is 0 Å². The fourth-order valence-corrected chi connectivity index (χ4v) is 9.58. The third-order valence-electron chi connectivity index (χ3n) is 11.7. The molecular formula is C49H28N4. The van der Waals surface area contributed by atoms with Gasteiger partial charge in [0.15, 0.2) is 0 Å². The zero-order valence-corrected chi connectivity index (χ0v) is 28.5. The molecule has 0 saturated heterocycles. The highest BCUT2D eigenvalue weighted by molar-refractivity contribution is 6.35. The Morgan fingerprint density at radius 2 is 0.981 bits per heavy atom. The number of benzene rings is 8. The first-order valence-corrected chi connectivity index (χ1v) is 18.2. The van der Waals surface area contributed by atoms with Crippen LogP contribution in [0.25, 0.3) is 98.0 Å². The third-order valence-corrected chi connectivity index (χ3v) is 11.7. The van der Waals surface area contributed by atoms with Gasteiger partial charge in [-0.15, -0.1) is 0 Å². The number of hydrogen-bond acceptors (Lipinski definition) is 2. The molecule has 8 aromatic carbocycles. The number of nitrogens with zero attached hydrogens (tertiary/aromatic N) is 4. The van der Waals surface area contributed by atoms with E-state index >= 15 is 0 Å². The SMILES string of the molecule is c1ccc(N(c2ccccc2)c2c3ccccc3cc3c4c5ccccc5cc5c6cc7c(nc6n(c23)c54)c2cccc3c4ccccc4n7c32)cc1. The molecule has 13 rings (SSSR count). The molecule has 0 fully saturated rings. The van der Waals surface area contributed by atoms with E-state index in [2.05, 4.69) is 184 Å². The van der Waals surface area contributed by atoms with Crippen molar-refractivity contribution in [2.75, 3.05) is 4.90 Å². The molecule has 53 heavy (non-hydrogen) atoms. The Morgan fingerprint density at radius 3 is 1.75 bits per heavy atom. The van der Waals surface area contributed by atoms with Gasteiger partial charge in [-0.1, -0.05) is 121 Å². The lowest BCUT2D eigenvalue weighted by Gasteiger charge is -2.28. The van der Waals surface area contributed by atoms with Crippen LogP contribution in [0.5, 0.6) is 0 Å². The fraction of sp³-hybridized carbons (Fsp3) is 0. The number of aromatic nitrogens is 3. The van der Waals surface area contributed by atoms with Crippen molar-refractivity contribution in [3.63, 3.8) is 0 Å². The van der Waals surface area contributed by atoms with Crippen molar-refractivity contribution in [3.8, 4) is 0 Å². The first kappa shape index (κ1) is 27.5. The van der Waals surface area contributed by atoms with Crippen molar-refractivity contribution in [1.82, 2.24) is 13.8 Å². The van der Waals surface area contributed by atoms with Crippen molar-refractivity contribution in [2.45, 2.75) is 0 Å². The molecule has 0 aliphatic rings. The summed E-state index contributed by atoms with van der Waals surface area (Å²) < 4.78 is 4.94. The predicted molar refractivity (Wildman–Crippen MR) is 223 cm³/mol. The van der Waals surface area contributed by atoms with E-state index in [9.17, 15) is 0 Å². The van der Waals surface area contributed by atoms with Crippen LogP contribution in [-0.2, 0) is 0 Å². The Labute approximate surface area is 302 Å². The molecule has 5 heterocycles. The van der Waals surface area contributed by atoms with Crippen molar-refractivity contribution < 1.29 is 0 Å². The van der Waals surface area contributed by atoms with Crippen molar-refractivity contribution in [2.24, 2.45) is 0 Å². The second-order valence-corrected chi connectivity index (χ2v) is 14.3. The number of hydrogen-bond donors (Lipinski definition) is 0. The van der Waals surface area contributed by atoms with E-state index in [1.165, 1.54) is 75.8 Å². The molecule has 0 atom stereocenters. The summed E-state index contributed by atoms with van der Waals surface area (Å²) in [7, 11) is 0. The number of rotatable bonds is 3. The van der Waals surface area contributed by atoms with Gasteiger partial charge in [0, 0.05) is 54.5 Å². The van der Waals surface area contributed by atoms with Crippen LogP contribution in [0.2, 0.25) is 0 Å². The molecule has 4 nitrogen and oxygen atoms in total. The van der Waals surface area contributed by atoms with Crippen molar-refractivity contribution in [3.05, 3.63) is 170 Å². The Balaban J connectivity index is 1.31. The minimum Gasteiger partial charge on any atom is -0.308 e. The maximum atomic E-state index is 5.76. The number of fused-ring (bicyclic) bond motifs is 15. The van der Waals surface area contributed by atoms with Gasteiger partial charge in [0.05, 0.1) is 38.8 Å². The molecule has 0 saturated carbocycles. The van der Waals surface area contributed by atoms with Gasteiger partial charge in [0.25, 0.3) is 0 Å². The van der Waals surface area contributed by atoms with Gasteiger partial charge in [0.1, 0.15) is 5.65 Å². The number of pyridine rings is 1. The molecule has 0 aliphatic carbocycles. The van der Waals surface area contributed by atoms with Crippen LogP contribution < -0.4 is 4.90 Å². The quantitative estimate of drug-likeness (QED) is 0.187. The highest BCUT2D eigenvalue weighted by atomic mass is 15.2. The van der Waals surface area contributed by atoms with Gasteiger partial charge in [-0.25, -0.2) is 4.98 Å². The van der Waals surface area contributed by atoms with Crippen LogP contribution in [-0.4, -0.2) is 13.8 Å². The Bertz CT molecular complexity index is 3580. The topological polar surface area (TPSA) is 25.0 Å². The van der Waals surface area contributed by atoms with E-state index < -0.39 is 0 Å². The highest BCUT2D eigenvalue weighted by Gasteiger charge is 2.28. The van der Waals surface area contributed by atoms with Gasteiger partial charge in [0.2, 0.25) is 0 Å². The Hall–Kier alpha value is -7.17. The monoisotopic (exact) mass is 672 g/mol. The maximum absolute atomic E-state index is 5.76. The zero-order chi connectivity index (χ0) is 34.4. The average molecular weight is 673 g/mol.